The number of benzene rings is 1. The van der Waals surface area contributed by atoms with E-state index in [0.717, 1.165) is 42.2 Å². The summed E-state index contributed by atoms with van der Waals surface area (Å²) in [6, 6.07) is 10.3. The third kappa shape index (κ3) is 4.85. The monoisotopic (exact) mass is 366 g/mol. The molecule has 0 bridgehead atoms. The van der Waals surface area contributed by atoms with Gasteiger partial charge in [-0.25, -0.2) is 0 Å². The van der Waals surface area contributed by atoms with Crippen molar-refractivity contribution in [3.8, 4) is 0 Å². The quantitative estimate of drug-likeness (QED) is 0.855. The Morgan fingerprint density at radius 2 is 1.85 bits per heavy atom. The summed E-state index contributed by atoms with van der Waals surface area (Å²) in [6.45, 7) is 2.42. The lowest BCUT2D eigenvalue weighted by Gasteiger charge is -2.25. The molecular weight excluding hydrogens is 345 g/mol. The molecule has 3 rings (SSSR count). The third-order valence-corrected chi connectivity index (χ3v) is 4.41. The summed E-state index contributed by atoms with van der Waals surface area (Å²) in [5, 5.41) is 6.36. The van der Waals surface area contributed by atoms with Crippen molar-refractivity contribution in [1.82, 2.24) is 20.0 Å². The highest BCUT2D eigenvalue weighted by Gasteiger charge is 2.33. The van der Waals surface area contributed by atoms with Gasteiger partial charge in [0.05, 0.1) is 6.04 Å². The second-order valence-corrected chi connectivity index (χ2v) is 6.43. The Bertz CT molecular complexity index is 724. The average Bonchev–Trinajstić information content (AvgIpc) is 3.26. The van der Waals surface area contributed by atoms with E-state index >= 15 is 0 Å². The van der Waals surface area contributed by atoms with Crippen molar-refractivity contribution in [2.75, 3.05) is 19.6 Å². The zero-order valence-electron chi connectivity index (χ0n) is 14.2. The van der Waals surface area contributed by atoms with Crippen LogP contribution in [0, 0.1) is 0 Å². The number of carbonyl (C=O) groups is 1. The first kappa shape index (κ1) is 18.4. The van der Waals surface area contributed by atoms with Gasteiger partial charge in [-0.3, -0.25) is 9.48 Å². The molecule has 1 atom stereocenters. The van der Waals surface area contributed by atoms with Crippen molar-refractivity contribution in [3.05, 3.63) is 53.9 Å². The van der Waals surface area contributed by atoms with E-state index in [2.05, 4.69) is 15.3 Å². The summed E-state index contributed by atoms with van der Waals surface area (Å²) in [4.78, 5) is 14.6. The maximum Gasteiger partial charge on any atom is 0.435 e. The molecule has 1 aliphatic heterocycles. The number of rotatable bonds is 6. The van der Waals surface area contributed by atoms with Crippen molar-refractivity contribution in [3.63, 3.8) is 0 Å². The van der Waals surface area contributed by atoms with Gasteiger partial charge in [-0.2, -0.15) is 18.3 Å². The molecule has 1 fully saturated rings. The maximum atomic E-state index is 12.6. The van der Waals surface area contributed by atoms with E-state index in [0.29, 0.717) is 6.54 Å². The van der Waals surface area contributed by atoms with Crippen LogP contribution in [0.5, 0.6) is 0 Å². The molecule has 0 saturated carbocycles. The van der Waals surface area contributed by atoms with Crippen LogP contribution in [0.25, 0.3) is 0 Å². The molecule has 8 heteroatoms. The molecule has 1 unspecified atom stereocenters. The molecule has 1 N–H and O–H groups in total. The average molecular weight is 366 g/mol. The van der Waals surface area contributed by atoms with Gasteiger partial charge in [0.25, 0.3) is 0 Å². The van der Waals surface area contributed by atoms with E-state index in [1.54, 1.807) is 0 Å². The molecule has 1 aromatic heterocycles. The molecule has 1 saturated heterocycles. The van der Waals surface area contributed by atoms with Crippen LogP contribution in [-0.4, -0.2) is 40.2 Å². The normalized spacial score (nSPS) is 16.6. The SMILES string of the molecule is O=C(Cn1ccc(C(F)(F)F)n1)NC(CN1CCCC1)c1ccccc1. The lowest BCUT2D eigenvalue weighted by atomic mass is 10.1. The first-order valence-electron chi connectivity index (χ1n) is 8.59. The van der Waals surface area contributed by atoms with E-state index in [1.807, 2.05) is 30.3 Å². The number of hydrogen-bond acceptors (Lipinski definition) is 3. The van der Waals surface area contributed by atoms with Crippen LogP contribution in [0.4, 0.5) is 13.2 Å². The Balaban J connectivity index is 1.65. The van der Waals surface area contributed by atoms with Gasteiger partial charge in [0.1, 0.15) is 6.54 Å². The van der Waals surface area contributed by atoms with Gasteiger partial charge in [-0.05, 0) is 37.6 Å². The van der Waals surface area contributed by atoms with Gasteiger partial charge in [0, 0.05) is 12.7 Å². The minimum absolute atomic E-state index is 0.209. The van der Waals surface area contributed by atoms with Gasteiger partial charge in [-0.15, -0.1) is 0 Å². The van der Waals surface area contributed by atoms with E-state index in [-0.39, 0.29) is 18.5 Å². The highest BCUT2D eigenvalue weighted by Crippen LogP contribution is 2.27. The molecule has 26 heavy (non-hydrogen) atoms. The lowest BCUT2D eigenvalue weighted by Crippen LogP contribution is -2.38. The Morgan fingerprint density at radius 1 is 1.15 bits per heavy atom. The van der Waals surface area contributed by atoms with E-state index < -0.39 is 11.9 Å². The summed E-state index contributed by atoms with van der Waals surface area (Å²) in [5.41, 5.74) is -0.0221. The van der Waals surface area contributed by atoms with E-state index in [9.17, 15) is 18.0 Å². The molecule has 0 radical (unpaired) electrons. The van der Waals surface area contributed by atoms with E-state index in [1.165, 1.54) is 6.20 Å². The van der Waals surface area contributed by atoms with Gasteiger partial charge >= 0.3 is 6.18 Å². The van der Waals surface area contributed by atoms with Crippen molar-refractivity contribution in [1.29, 1.82) is 0 Å². The molecule has 1 amide bonds. The molecule has 140 valence electrons. The molecule has 0 spiro atoms. The van der Waals surface area contributed by atoms with Crippen LogP contribution in [0.1, 0.15) is 30.1 Å². The number of halogens is 3. The Hall–Kier alpha value is -2.35. The number of aromatic nitrogens is 2. The topological polar surface area (TPSA) is 50.2 Å². The van der Waals surface area contributed by atoms with Crippen molar-refractivity contribution >= 4 is 5.91 Å². The molecule has 2 heterocycles. The molecule has 1 aliphatic rings. The largest absolute Gasteiger partial charge is 0.435 e. The van der Waals surface area contributed by atoms with Gasteiger partial charge in [0.2, 0.25) is 5.91 Å². The van der Waals surface area contributed by atoms with Crippen LogP contribution >= 0.6 is 0 Å². The fourth-order valence-electron chi connectivity index (χ4n) is 3.13. The highest BCUT2D eigenvalue weighted by atomic mass is 19.4. The van der Waals surface area contributed by atoms with Crippen LogP contribution < -0.4 is 5.32 Å². The summed E-state index contributed by atoms with van der Waals surface area (Å²) in [5.74, 6) is -0.366. The van der Waals surface area contributed by atoms with Crippen molar-refractivity contribution in [2.45, 2.75) is 31.6 Å². The first-order valence-corrected chi connectivity index (χ1v) is 8.59. The number of carbonyl (C=O) groups excluding carboxylic acids is 1. The van der Waals surface area contributed by atoms with Crippen LogP contribution in [0.2, 0.25) is 0 Å². The van der Waals surface area contributed by atoms with Crippen LogP contribution in [0.3, 0.4) is 0 Å². The Labute approximate surface area is 149 Å². The second kappa shape index (κ2) is 7.90. The smallest absolute Gasteiger partial charge is 0.346 e. The summed E-state index contributed by atoms with van der Waals surface area (Å²) in [6.07, 6.45) is -1.06. The zero-order valence-corrected chi connectivity index (χ0v) is 14.2. The van der Waals surface area contributed by atoms with Crippen LogP contribution in [0.15, 0.2) is 42.6 Å². The Kier molecular flexibility index (Phi) is 5.61. The summed E-state index contributed by atoms with van der Waals surface area (Å²) in [7, 11) is 0. The first-order chi connectivity index (χ1) is 12.4. The fraction of sp³-hybridized carbons (Fsp3) is 0.444. The van der Waals surface area contributed by atoms with Crippen molar-refractivity contribution < 1.29 is 18.0 Å². The highest BCUT2D eigenvalue weighted by molar-refractivity contribution is 5.76. The number of likely N-dealkylation sites (tertiary alicyclic amines) is 1. The molecule has 1 aromatic carbocycles. The minimum atomic E-state index is -4.51. The molecule has 2 aromatic rings. The molecule has 0 aliphatic carbocycles. The summed E-state index contributed by atoms with van der Waals surface area (Å²) >= 11 is 0. The molecule has 5 nitrogen and oxygen atoms in total. The van der Waals surface area contributed by atoms with E-state index in [4.69, 9.17) is 0 Å². The number of alkyl halides is 3. The predicted octanol–water partition coefficient (Wildman–Crippen LogP) is 2.86. The lowest BCUT2D eigenvalue weighted by molar-refractivity contribution is -0.141. The number of amides is 1. The van der Waals surface area contributed by atoms with Crippen LogP contribution in [-0.2, 0) is 17.5 Å². The van der Waals surface area contributed by atoms with Gasteiger partial charge < -0.3 is 10.2 Å². The number of nitrogens with zero attached hydrogens (tertiary/aromatic N) is 3. The Morgan fingerprint density at radius 3 is 2.46 bits per heavy atom. The van der Waals surface area contributed by atoms with Crippen molar-refractivity contribution in [2.24, 2.45) is 0 Å². The zero-order chi connectivity index (χ0) is 18.6. The number of hydrogen-bond donors (Lipinski definition) is 1. The summed E-state index contributed by atoms with van der Waals surface area (Å²) < 4.78 is 38.9. The standard InChI is InChI=1S/C18H21F3N4O/c19-18(20,21)16-8-11-25(23-16)13-17(26)22-15(12-24-9-4-5-10-24)14-6-2-1-3-7-14/h1-3,6-8,11,15H,4-5,9-10,12-13H2,(H,22,26). The fourth-order valence-corrected chi connectivity index (χ4v) is 3.13. The minimum Gasteiger partial charge on any atom is -0.346 e. The predicted molar refractivity (Wildman–Crippen MR) is 90.2 cm³/mol. The second-order valence-electron chi connectivity index (χ2n) is 6.43. The molecular formula is C18H21F3N4O. The van der Waals surface area contributed by atoms with Gasteiger partial charge in [0.15, 0.2) is 5.69 Å². The number of nitrogens with one attached hydrogen (secondary N) is 1. The third-order valence-electron chi connectivity index (χ3n) is 4.41. The maximum absolute atomic E-state index is 12.6. The van der Waals surface area contributed by atoms with Gasteiger partial charge in [-0.1, -0.05) is 30.3 Å².